The number of amides is 1. The number of pyridine rings is 1. The van der Waals surface area contributed by atoms with Gasteiger partial charge in [-0.1, -0.05) is 18.2 Å². The van der Waals surface area contributed by atoms with Gasteiger partial charge in [-0.3, -0.25) is 4.79 Å². The standard InChI is InChI=1S/C22H16F3N3OS3/c1-12-18-15(22(23,24)25)10-16(17-4-3-9-31-17)27-21(18)32-19(12)20(29)28-26-11-13-5-7-14(30-2)8-6-13/h3-11H,1-2H3,(H,28,29)/b26-11+. The molecule has 3 heterocycles. The van der Waals surface area contributed by atoms with Crippen LogP contribution in [-0.4, -0.2) is 23.4 Å². The van der Waals surface area contributed by atoms with Crippen LogP contribution >= 0.6 is 34.4 Å². The van der Waals surface area contributed by atoms with E-state index in [0.717, 1.165) is 27.9 Å². The summed E-state index contributed by atoms with van der Waals surface area (Å²) in [7, 11) is 0. The number of hydrogen-bond acceptors (Lipinski definition) is 6. The SMILES string of the molecule is CSc1ccc(/C=N/NC(=O)c2sc3nc(-c4cccs4)cc(C(F)(F)F)c3c2C)cc1. The van der Waals surface area contributed by atoms with E-state index in [1.54, 1.807) is 29.3 Å². The first-order valence-corrected chi connectivity index (χ1v) is 12.2. The van der Waals surface area contributed by atoms with Crippen molar-refractivity contribution in [1.29, 1.82) is 0 Å². The van der Waals surface area contributed by atoms with Gasteiger partial charge in [-0.15, -0.1) is 34.4 Å². The third-order valence-electron chi connectivity index (χ3n) is 4.68. The Hall–Kier alpha value is -2.69. The lowest BCUT2D eigenvalue weighted by Gasteiger charge is -2.10. The molecule has 32 heavy (non-hydrogen) atoms. The van der Waals surface area contributed by atoms with E-state index in [1.807, 2.05) is 30.5 Å². The number of rotatable bonds is 5. The average molecular weight is 492 g/mol. The summed E-state index contributed by atoms with van der Waals surface area (Å²) >= 11 is 3.85. The number of thioether (sulfide) groups is 1. The van der Waals surface area contributed by atoms with Crippen molar-refractivity contribution >= 4 is 56.8 Å². The lowest BCUT2D eigenvalue weighted by atomic mass is 10.1. The monoisotopic (exact) mass is 491 g/mol. The Morgan fingerprint density at radius 3 is 2.59 bits per heavy atom. The van der Waals surface area contributed by atoms with Gasteiger partial charge in [-0.2, -0.15) is 18.3 Å². The molecule has 0 radical (unpaired) electrons. The summed E-state index contributed by atoms with van der Waals surface area (Å²) in [5, 5.41) is 5.67. The molecule has 0 fully saturated rings. The quantitative estimate of drug-likeness (QED) is 0.189. The number of nitrogens with zero attached hydrogens (tertiary/aromatic N) is 2. The van der Waals surface area contributed by atoms with Crippen LogP contribution < -0.4 is 5.43 Å². The maximum absolute atomic E-state index is 13.8. The van der Waals surface area contributed by atoms with Crippen molar-refractivity contribution in [2.24, 2.45) is 5.10 Å². The average Bonchev–Trinajstić information content (AvgIpc) is 3.41. The highest BCUT2D eigenvalue weighted by Crippen LogP contribution is 2.42. The second-order valence-corrected chi connectivity index (χ2v) is 9.57. The number of aromatic nitrogens is 1. The first-order valence-electron chi connectivity index (χ1n) is 9.30. The second kappa shape index (κ2) is 9.05. The molecule has 0 bridgehead atoms. The van der Waals surface area contributed by atoms with Crippen molar-refractivity contribution in [3.63, 3.8) is 0 Å². The normalized spacial score (nSPS) is 12.0. The van der Waals surface area contributed by atoms with Gasteiger partial charge in [0.1, 0.15) is 4.83 Å². The van der Waals surface area contributed by atoms with Gasteiger partial charge < -0.3 is 0 Å². The van der Waals surface area contributed by atoms with Crippen molar-refractivity contribution in [2.75, 3.05) is 6.26 Å². The third-order valence-corrected chi connectivity index (χ3v) is 7.50. The highest BCUT2D eigenvalue weighted by molar-refractivity contribution is 7.98. The van der Waals surface area contributed by atoms with Crippen LogP contribution in [0.5, 0.6) is 0 Å². The molecule has 0 aliphatic rings. The fourth-order valence-electron chi connectivity index (χ4n) is 3.14. The molecule has 0 aliphatic carbocycles. The highest BCUT2D eigenvalue weighted by atomic mass is 32.2. The fraction of sp³-hybridized carbons (Fsp3) is 0.136. The molecular formula is C22H16F3N3OS3. The molecule has 1 amide bonds. The number of nitrogens with one attached hydrogen (secondary N) is 1. The van der Waals surface area contributed by atoms with Crippen LogP contribution in [-0.2, 0) is 6.18 Å². The number of carbonyl (C=O) groups is 1. The van der Waals surface area contributed by atoms with Crippen LogP contribution in [0.1, 0.15) is 26.4 Å². The van der Waals surface area contributed by atoms with Crippen LogP contribution in [0.15, 0.2) is 57.8 Å². The van der Waals surface area contributed by atoms with Gasteiger partial charge in [0.15, 0.2) is 0 Å². The van der Waals surface area contributed by atoms with Gasteiger partial charge in [0.25, 0.3) is 5.91 Å². The topological polar surface area (TPSA) is 54.4 Å². The molecule has 0 saturated carbocycles. The van der Waals surface area contributed by atoms with Gasteiger partial charge in [0, 0.05) is 10.3 Å². The maximum atomic E-state index is 13.8. The predicted molar refractivity (Wildman–Crippen MR) is 126 cm³/mol. The molecular weight excluding hydrogens is 475 g/mol. The zero-order chi connectivity index (χ0) is 22.9. The Morgan fingerprint density at radius 1 is 1.22 bits per heavy atom. The van der Waals surface area contributed by atoms with Crippen LogP contribution in [0.25, 0.3) is 20.8 Å². The minimum absolute atomic E-state index is 0.0513. The summed E-state index contributed by atoms with van der Waals surface area (Å²) in [5.74, 6) is -0.576. The molecule has 3 aromatic heterocycles. The third kappa shape index (κ3) is 4.57. The van der Waals surface area contributed by atoms with E-state index in [0.29, 0.717) is 4.88 Å². The molecule has 0 atom stereocenters. The first kappa shape index (κ1) is 22.5. The largest absolute Gasteiger partial charge is 0.417 e. The summed E-state index contributed by atoms with van der Waals surface area (Å²) in [6.45, 7) is 1.50. The molecule has 4 rings (SSSR count). The van der Waals surface area contributed by atoms with E-state index in [2.05, 4.69) is 15.5 Å². The molecule has 10 heteroatoms. The molecule has 1 N–H and O–H groups in total. The highest BCUT2D eigenvalue weighted by Gasteiger charge is 2.36. The zero-order valence-corrected chi connectivity index (χ0v) is 19.3. The summed E-state index contributed by atoms with van der Waals surface area (Å²) < 4.78 is 41.5. The molecule has 4 nitrogen and oxygen atoms in total. The number of aryl methyl sites for hydroxylation is 1. The number of thiophene rings is 2. The van der Waals surface area contributed by atoms with E-state index in [1.165, 1.54) is 24.5 Å². The van der Waals surface area contributed by atoms with Crippen molar-refractivity contribution in [3.8, 4) is 10.6 Å². The van der Waals surface area contributed by atoms with E-state index in [4.69, 9.17) is 0 Å². The summed E-state index contributed by atoms with van der Waals surface area (Å²) in [6, 6.07) is 12.1. The van der Waals surface area contributed by atoms with E-state index in [-0.39, 0.29) is 26.4 Å². The second-order valence-electron chi connectivity index (χ2n) is 6.74. The van der Waals surface area contributed by atoms with Crippen LogP contribution in [0, 0.1) is 6.92 Å². The Labute approximate surface area is 194 Å². The van der Waals surface area contributed by atoms with Gasteiger partial charge >= 0.3 is 6.18 Å². The van der Waals surface area contributed by atoms with Crippen LogP contribution in [0.2, 0.25) is 0 Å². The Balaban J connectivity index is 1.67. The summed E-state index contributed by atoms with van der Waals surface area (Å²) in [6.07, 6.45) is -1.12. The minimum Gasteiger partial charge on any atom is -0.266 e. The van der Waals surface area contributed by atoms with Gasteiger partial charge in [-0.25, -0.2) is 10.4 Å². The van der Waals surface area contributed by atoms with E-state index >= 15 is 0 Å². The molecule has 4 aromatic rings. The molecule has 164 valence electrons. The van der Waals surface area contributed by atoms with Gasteiger partial charge in [0.2, 0.25) is 0 Å². The van der Waals surface area contributed by atoms with Gasteiger partial charge in [-0.05, 0) is 54.0 Å². The number of hydrogen-bond donors (Lipinski definition) is 1. The molecule has 1 aromatic carbocycles. The van der Waals surface area contributed by atoms with Crippen molar-refractivity contribution < 1.29 is 18.0 Å². The minimum atomic E-state index is -4.58. The first-order chi connectivity index (χ1) is 15.3. The smallest absolute Gasteiger partial charge is 0.266 e. The predicted octanol–water partition coefficient (Wildman–Crippen LogP) is 6.84. The molecule has 0 aliphatic heterocycles. The van der Waals surface area contributed by atoms with Crippen LogP contribution in [0.3, 0.4) is 0 Å². The molecule has 0 saturated heterocycles. The Morgan fingerprint density at radius 2 is 1.97 bits per heavy atom. The number of benzene rings is 1. The van der Waals surface area contributed by atoms with Crippen molar-refractivity contribution in [3.05, 3.63) is 69.4 Å². The number of halogens is 3. The zero-order valence-electron chi connectivity index (χ0n) is 16.9. The number of alkyl halides is 3. The van der Waals surface area contributed by atoms with Gasteiger partial charge in [0.05, 0.1) is 27.2 Å². The Kier molecular flexibility index (Phi) is 6.36. The number of fused-ring (bicyclic) bond motifs is 1. The summed E-state index contributed by atoms with van der Waals surface area (Å²) in [4.78, 5) is 19.1. The van der Waals surface area contributed by atoms with E-state index in [9.17, 15) is 18.0 Å². The van der Waals surface area contributed by atoms with Crippen LogP contribution in [0.4, 0.5) is 13.2 Å². The van der Waals surface area contributed by atoms with Crippen molar-refractivity contribution in [1.82, 2.24) is 10.4 Å². The maximum Gasteiger partial charge on any atom is 0.417 e. The fourth-order valence-corrected chi connectivity index (χ4v) is 5.33. The molecule has 0 unspecified atom stereocenters. The number of hydrazone groups is 1. The van der Waals surface area contributed by atoms with E-state index < -0.39 is 17.6 Å². The number of carbonyl (C=O) groups excluding carboxylic acids is 1. The lowest BCUT2D eigenvalue weighted by Crippen LogP contribution is -2.17. The molecule has 0 spiro atoms. The Bertz CT molecular complexity index is 1290. The summed E-state index contributed by atoms with van der Waals surface area (Å²) in [5.41, 5.74) is 2.87. The van der Waals surface area contributed by atoms with Crippen molar-refractivity contribution in [2.45, 2.75) is 18.0 Å². The lowest BCUT2D eigenvalue weighted by molar-refractivity contribution is -0.136.